The van der Waals surface area contributed by atoms with Crippen LogP contribution in [0.25, 0.3) is 0 Å². The predicted molar refractivity (Wildman–Crippen MR) is 98.0 cm³/mol. The molecule has 1 atom stereocenters. The van der Waals surface area contributed by atoms with Gasteiger partial charge in [0.15, 0.2) is 0 Å². The fraction of sp³-hybridized carbons (Fsp3) is 0.429. The Bertz CT molecular complexity index is 550. The SMILES string of the molecule is CCC(C)c1ccc(OCCN(CC)Cc2ccccc2)cc1. The fourth-order valence-corrected chi connectivity index (χ4v) is 2.61. The monoisotopic (exact) mass is 311 g/mol. The van der Waals surface area contributed by atoms with Crippen molar-refractivity contribution < 1.29 is 4.74 Å². The van der Waals surface area contributed by atoms with Gasteiger partial charge in [0.05, 0.1) is 0 Å². The van der Waals surface area contributed by atoms with E-state index in [2.05, 4.69) is 80.3 Å². The van der Waals surface area contributed by atoms with Crippen molar-refractivity contribution in [3.8, 4) is 5.75 Å². The van der Waals surface area contributed by atoms with Crippen LogP contribution < -0.4 is 4.74 Å². The topological polar surface area (TPSA) is 12.5 Å². The molecule has 0 saturated carbocycles. The molecule has 23 heavy (non-hydrogen) atoms. The van der Waals surface area contributed by atoms with Crippen LogP contribution in [0.3, 0.4) is 0 Å². The van der Waals surface area contributed by atoms with Crippen LogP contribution in [-0.4, -0.2) is 24.6 Å². The van der Waals surface area contributed by atoms with E-state index >= 15 is 0 Å². The minimum absolute atomic E-state index is 0.616. The lowest BCUT2D eigenvalue weighted by Crippen LogP contribution is -2.27. The van der Waals surface area contributed by atoms with Gasteiger partial charge in [0.25, 0.3) is 0 Å². The number of nitrogens with zero attached hydrogens (tertiary/aromatic N) is 1. The number of hydrogen-bond donors (Lipinski definition) is 0. The average molecular weight is 311 g/mol. The Hall–Kier alpha value is -1.80. The first kappa shape index (κ1) is 17.6. The molecule has 0 amide bonds. The summed E-state index contributed by atoms with van der Waals surface area (Å²) < 4.78 is 5.90. The number of benzene rings is 2. The molecule has 2 aromatic rings. The molecule has 124 valence electrons. The van der Waals surface area contributed by atoms with E-state index in [0.717, 1.165) is 32.0 Å². The van der Waals surface area contributed by atoms with E-state index in [1.165, 1.54) is 17.5 Å². The summed E-state index contributed by atoms with van der Waals surface area (Å²) in [7, 11) is 0. The highest BCUT2D eigenvalue weighted by molar-refractivity contribution is 5.29. The minimum atomic E-state index is 0.616. The summed E-state index contributed by atoms with van der Waals surface area (Å²) in [6.07, 6.45) is 1.17. The maximum atomic E-state index is 5.90. The Morgan fingerprint density at radius 2 is 1.65 bits per heavy atom. The van der Waals surface area contributed by atoms with Gasteiger partial charge in [-0.3, -0.25) is 4.90 Å². The molecular formula is C21H29NO. The number of likely N-dealkylation sites (N-methyl/N-ethyl adjacent to an activating group) is 1. The van der Waals surface area contributed by atoms with E-state index in [1.54, 1.807) is 0 Å². The molecule has 1 unspecified atom stereocenters. The van der Waals surface area contributed by atoms with Gasteiger partial charge in [-0.25, -0.2) is 0 Å². The van der Waals surface area contributed by atoms with E-state index in [9.17, 15) is 0 Å². The van der Waals surface area contributed by atoms with E-state index < -0.39 is 0 Å². The van der Waals surface area contributed by atoms with Crippen LogP contribution >= 0.6 is 0 Å². The highest BCUT2D eigenvalue weighted by atomic mass is 16.5. The van der Waals surface area contributed by atoms with E-state index in [0.29, 0.717) is 5.92 Å². The van der Waals surface area contributed by atoms with Crippen LogP contribution in [0.5, 0.6) is 5.75 Å². The maximum absolute atomic E-state index is 5.90. The molecule has 0 radical (unpaired) electrons. The summed E-state index contributed by atoms with van der Waals surface area (Å²) in [6.45, 7) is 10.4. The van der Waals surface area contributed by atoms with Gasteiger partial charge in [0, 0.05) is 13.1 Å². The molecule has 0 aliphatic heterocycles. The van der Waals surface area contributed by atoms with Crippen molar-refractivity contribution >= 4 is 0 Å². The molecule has 0 saturated heterocycles. The van der Waals surface area contributed by atoms with Crippen LogP contribution in [0.4, 0.5) is 0 Å². The van der Waals surface area contributed by atoms with Crippen LogP contribution in [0.15, 0.2) is 54.6 Å². The molecule has 0 aliphatic carbocycles. The zero-order valence-corrected chi connectivity index (χ0v) is 14.7. The Labute approximate surface area is 141 Å². The van der Waals surface area contributed by atoms with Crippen molar-refractivity contribution in [1.29, 1.82) is 0 Å². The lowest BCUT2D eigenvalue weighted by atomic mass is 9.99. The Kier molecular flexibility index (Phi) is 7.15. The molecular weight excluding hydrogens is 282 g/mol. The van der Waals surface area contributed by atoms with Gasteiger partial charge in [-0.15, -0.1) is 0 Å². The van der Waals surface area contributed by atoms with Gasteiger partial charge in [-0.2, -0.15) is 0 Å². The quantitative estimate of drug-likeness (QED) is 0.638. The predicted octanol–water partition coefficient (Wildman–Crippen LogP) is 5.10. The third kappa shape index (κ3) is 5.72. The van der Waals surface area contributed by atoms with E-state index in [-0.39, 0.29) is 0 Å². The standard InChI is InChI=1S/C21H29NO/c1-4-18(3)20-11-13-21(14-12-20)23-16-15-22(5-2)17-19-9-7-6-8-10-19/h6-14,18H,4-5,15-17H2,1-3H3. The van der Waals surface area contributed by atoms with Crippen molar-refractivity contribution in [2.75, 3.05) is 19.7 Å². The molecule has 0 aromatic heterocycles. The first-order chi connectivity index (χ1) is 11.2. The summed E-state index contributed by atoms with van der Waals surface area (Å²) in [6, 6.07) is 19.2. The second-order valence-corrected chi connectivity index (χ2v) is 6.08. The van der Waals surface area contributed by atoms with Gasteiger partial charge < -0.3 is 4.74 Å². The molecule has 0 N–H and O–H groups in total. The zero-order chi connectivity index (χ0) is 16.5. The molecule has 2 aromatic carbocycles. The molecule has 0 heterocycles. The van der Waals surface area contributed by atoms with Gasteiger partial charge in [0.2, 0.25) is 0 Å². The molecule has 2 rings (SSSR count). The van der Waals surface area contributed by atoms with E-state index in [1.807, 2.05) is 0 Å². The van der Waals surface area contributed by atoms with Gasteiger partial charge in [0.1, 0.15) is 12.4 Å². The molecule has 0 aliphatic rings. The molecule has 0 bridgehead atoms. The maximum Gasteiger partial charge on any atom is 0.119 e. The second-order valence-electron chi connectivity index (χ2n) is 6.08. The summed E-state index contributed by atoms with van der Waals surface area (Å²) in [5.41, 5.74) is 2.74. The molecule has 0 fully saturated rings. The van der Waals surface area contributed by atoms with Gasteiger partial charge in [-0.05, 0) is 42.1 Å². The smallest absolute Gasteiger partial charge is 0.119 e. The highest BCUT2D eigenvalue weighted by Gasteiger charge is 2.05. The third-order valence-corrected chi connectivity index (χ3v) is 4.43. The van der Waals surface area contributed by atoms with Crippen LogP contribution in [0, 0.1) is 0 Å². The van der Waals surface area contributed by atoms with Crippen molar-refractivity contribution in [1.82, 2.24) is 4.90 Å². The summed E-state index contributed by atoms with van der Waals surface area (Å²) in [5.74, 6) is 1.58. The summed E-state index contributed by atoms with van der Waals surface area (Å²) in [4.78, 5) is 2.41. The van der Waals surface area contributed by atoms with Crippen LogP contribution in [0.1, 0.15) is 44.2 Å². The number of rotatable bonds is 9. The van der Waals surface area contributed by atoms with Crippen LogP contribution in [0.2, 0.25) is 0 Å². The lowest BCUT2D eigenvalue weighted by molar-refractivity contribution is 0.210. The minimum Gasteiger partial charge on any atom is -0.492 e. The molecule has 0 spiro atoms. The number of ether oxygens (including phenoxy) is 1. The largest absolute Gasteiger partial charge is 0.492 e. The first-order valence-corrected chi connectivity index (χ1v) is 8.72. The van der Waals surface area contributed by atoms with Crippen molar-refractivity contribution in [3.05, 3.63) is 65.7 Å². The lowest BCUT2D eigenvalue weighted by Gasteiger charge is -2.20. The summed E-state index contributed by atoms with van der Waals surface area (Å²) >= 11 is 0. The highest BCUT2D eigenvalue weighted by Crippen LogP contribution is 2.21. The van der Waals surface area contributed by atoms with Gasteiger partial charge in [-0.1, -0.05) is 63.2 Å². The molecule has 2 nitrogen and oxygen atoms in total. The Morgan fingerprint density at radius 1 is 0.957 bits per heavy atom. The average Bonchev–Trinajstić information content (AvgIpc) is 2.61. The molecule has 2 heteroatoms. The Morgan fingerprint density at radius 3 is 2.26 bits per heavy atom. The fourth-order valence-electron chi connectivity index (χ4n) is 2.61. The third-order valence-electron chi connectivity index (χ3n) is 4.43. The van der Waals surface area contributed by atoms with Crippen molar-refractivity contribution in [2.45, 2.75) is 39.7 Å². The zero-order valence-electron chi connectivity index (χ0n) is 14.7. The van der Waals surface area contributed by atoms with Gasteiger partial charge >= 0.3 is 0 Å². The van der Waals surface area contributed by atoms with Crippen molar-refractivity contribution in [3.63, 3.8) is 0 Å². The normalized spacial score (nSPS) is 12.3. The Balaban J connectivity index is 1.78. The number of hydrogen-bond acceptors (Lipinski definition) is 2. The van der Waals surface area contributed by atoms with Crippen molar-refractivity contribution in [2.24, 2.45) is 0 Å². The first-order valence-electron chi connectivity index (χ1n) is 8.72. The summed E-state index contributed by atoms with van der Waals surface area (Å²) in [5, 5.41) is 0. The van der Waals surface area contributed by atoms with Crippen LogP contribution in [-0.2, 0) is 6.54 Å². The second kappa shape index (κ2) is 9.36. The van der Waals surface area contributed by atoms with E-state index in [4.69, 9.17) is 4.74 Å².